The van der Waals surface area contributed by atoms with E-state index in [-0.39, 0.29) is 12.0 Å². The van der Waals surface area contributed by atoms with Gasteiger partial charge in [0.1, 0.15) is 19.3 Å². The van der Waals surface area contributed by atoms with Crippen molar-refractivity contribution < 1.29 is 32.2 Å². The van der Waals surface area contributed by atoms with Gasteiger partial charge in [0.2, 0.25) is 5.91 Å². The molecule has 3 atom stereocenters. The zero-order valence-corrected chi connectivity index (χ0v) is 12.4. The van der Waals surface area contributed by atoms with Crippen molar-refractivity contribution in [1.82, 2.24) is 4.90 Å². The molecule has 0 aromatic rings. The fourth-order valence-corrected chi connectivity index (χ4v) is 3.49. The second-order valence-electron chi connectivity index (χ2n) is 5.80. The largest absolute Gasteiger partial charge is 0.467 e. The molecule has 8 heteroatoms. The van der Waals surface area contributed by atoms with Crippen molar-refractivity contribution >= 4 is 11.9 Å². The van der Waals surface area contributed by atoms with Gasteiger partial charge in [0.05, 0.1) is 7.11 Å². The number of carbonyl (C=O) groups is 2. The lowest BCUT2D eigenvalue weighted by atomic mass is 9.85. The van der Waals surface area contributed by atoms with Crippen LogP contribution in [0.1, 0.15) is 32.1 Å². The third kappa shape index (κ3) is 3.91. The van der Waals surface area contributed by atoms with E-state index >= 15 is 0 Å². The summed E-state index contributed by atoms with van der Waals surface area (Å²) in [6.45, 7) is -2.14. The molecule has 2 rings (SSSR count). The van der Waals surface area contributed by atoms with Gasteiger partial charge in [0, 0.05) is 6.04 Å². The summed E-state index contributed by atoms with van der Waals surface area (Å²) in [5, 5.41) is 0. The lowest BCUT2D eigenvalue weighted by Gasteiger charge is -2.33. The van der Waals surface area contributed by atoms with Gasteiger partial charge in [-0.05, 0) is 25.2 Å². The molecule has 2 fully saturated rings. The first-order valence-electron chi connectivity index (χ1n) is 7.37. The molecule has 0 bridgehead atoms. The molecule has 1 aliphatic heterocycles. The highest BCUT2D eigenvalue weighted by Crippen LogP contribution is 2.40. The molecule has 1 heterocycles. The van der Waals surface area contributed by atoms with Crippen LogP contribution in [-0.4, -0.2) is 55.4 Å². The van der Waals surface area contributed by atoms with Crippen LogP contribution in [0.2, 0.25) is 0 Å². The standard InChI is InChI=1S/C14H20F3NO4/c1-21-13(20)11-6-9-4-2-3-5-10(9)18(11)12(19)7-22-8-14(15,16)17/h9-11H,2-8H2,1H3/t9-,10-,11-/m0/s1. The molecule has 0 N–H and O–H groups in total. The average Bonchev–Trinajstić information content (AvgIpc) is 2.84. The van der Waals surface area contributed by atoms with Crippen molar-refractivity contribution in [1.29, 1.82) is 0 Å². The topological polar surface area (TPSA) is 55.8 Å². The van der Waals surface area contributed by atoms with Crippen molar-refractivity contribution in [2.75, 3.05) is 20.3 Å². The second-order valence-corrected chi connectivity index (χ2v) is 5.80. The molecule has 0 aromatic carbocycles. The maximum Gasteiger partial charge on any atom is 0.411 e. The molecule has 0 spiro atoms. The SMILES string of the molecule is COC(=O)[C@@H]1C[C@@H]2CCCC[C@@H]2N1C(=O)COCC(F)(F)F. The van der Waals surface area contributed by atoms with Crippen LogP contribution in [0.15, 0.2) is 0 Å². The van der Waals surface area contributed by atoms with E-state index in [1.54, 1.807) is 0 Å². The van der Waals surface area contributed by atoms with Gasteiger partial charge in [0.15, 0.2) is 0 Å². The Morgan fingerprint density at radius 1 is 1.23 bits per heavy atom. The Hall–Kier alpha value is -1.31. The first-order valence-corrected chi connectivity index (χ1v) is 7.37. The summed E-state index contributed by atoms with van der Waals surface area (Å²) in [5.74, 6) is -0.878. The molecule has 1 aliphatic carbocycles. The predicted molar refractivity (Wildman–Crippen MR) is 69.9 cm³/mol. The third-order valence-electron chi connectivity index (χ3n) is 4.34. The molecule has 0 aromatic heterocycles. The first-order chi connectivity index (χ1) is 10.3. The first kappa shape index (κ1) is 17.1. The summed E-state index contributed by atoms with van der Waals surface area (Å²) in [5.41, 5.74) is 0. The number of likely N-dealkylation sites (tertiary alicyclic amines) is 1. The number of ether oxygens (including phenoxy) is 2. The summed E-state index contributed by atoms with van der Waals surface area (Å²) < 4.78 is 45.4. The van der Waals surface area contributed by atoms with Crippen molar-refractivity contribution in [3.63, 3.8) is 0 Å². The highest BCUT2D eigenvalue weighted by Gasteiger charge is 2.47. The average molecular weight is 323 g/mol. The Labute approximate surface area is 126 Å². The van der Waals surface area contributed by atoms with Gasteiger partial charge in [-0.3, -0.25) is 4.79 Å². The minimum atomic E-state index is -4.47. The van der Waals surface area contributed by atoms with Gasteiger partial charge >= 0.3 is 12.1 Å². The van der Waals surface area contributed by atoms with Gasteiger partial charge in [-0.25, -0.2) is 4.79 Å². The van der Waals surface area contributed by atoms with E-state index in [9.17, 15) is 22.8 Å². The van der Waals surface area contributed by atoms with Crippen LogP contribution in [0.25, 0.3) is 0 Å². The maximum absolute atomic E-state index is 12.2. The molecule has 1 amide bonds. The van der Waals surface area contributed by atoms with Gasteiger partial charge in [-0.2, -0.15) is 13.2 Å². The highest BCUT2D eigenvalue weighted by molar-refractivity contribution is 5.86. The third-order valence-corrected chi connectivity index (χ3v) is 4.34. The molecular weight excluding hydrogens is 303 g/mol. The predicted octanol–water partition coefficient (Wildman–Crippen LogP) is 1.90. The Balaban J connectivity index is 2.02. The van der Waals surface area contributed by atoms with Crippen molar-refractivity contribution in [3.8, 4) is 0 Å². The Morgan fingerprint density at radius 2 is 1.91 bits per heavy atom. The van der Waals surface area contributed by atoms with E-state index < -0.39 is 37.3 Å². The smallest absolute Gasteiger partial charge is 0.411 e. The Kier molecular flexibility index (Phi) is 5.31. The van der Waals surface area contributed by atoms with Crippen molar-refractivity contribution in [2.45, 2.75) is 50.4 Å². The van der Waals surface area contributed by atoms with Crippen LogP contribution in [0.4, 0.5) is 13.2 Å². The molecule has 0 radical (unpaired) electrons. The number of carbonyl (C=O) groups excluding carboxylic acids is 2. The maximum atomic E-state index is 12.2. The quantitative estimate of drug-likeness (QED) is 0.742. The summed E-state index contributed by atoms with van der Waals surface area (Å²) in [6, 6.07) is -0.806. The van der Waals surface area contributed by atoms with Gasteiger partial charge in [-0.15, -0.1) is 0 Å². The molecule has 2 aliphatic rings. The zero-order chi connectivity index (χ0) is 16.3. The number of amides is 1. The summed E-state index contributed by atoms with van der Waals surface area (Å²) in [4.78, 5) is 25.5. The number of fused-ring (bicyclic) bond motifs is 1. The molecule has 1 saturated carbocycles. The Bertz CT molecular complexity index is 427. The van der Waals surface area contributed by atoms with E-state index in [1.807, 2.05) is 0 Å². The van der Waals surface area contributed by atoms with Crippen LogP contribution in [-0.2, 0) is 19.1 Å². The lowest BCUT2D eigenvalue weighted by molar-refractivity contribution is -0.179. The van der Waals surface area contributed by atoms with Gasteiger partial charge in [-0.1, -0.05) is 12.8 Å². The van der Waals surface area contributed by atoms with Crippen LogP contribution >= 0.6 is 0 Å². The minimum Gasteiger partial charge on any atom is -0.467 e. The fourth-order valence-electron chi connectivity index (χ4n) is 3.49. The van der Waals surface area contributed by atoms with E-state index in [0.717, 1.165) is 25.7 Å². The van der Waals surface area contributed by atoms with E-state index in [1.165, 1.54) is 12.0 Å². The molecular formula is C14H20F3NO4. The van der Waals surface area contributed by atoms with Gasteiger partial charge < -0.3 is 14.4 Å². The molecule has 5 nitrogen and oxygen atoms in total. The normalized spacial score (nSPS) is 28.4. The molecule has 126 valence electrons. The summed E-state index contributed by atoms with van der Waals surface area (Å²) in [7, 11) is 1.24. The summed E-state index contributed by atoms with van der Waals surface area (Å²) >= 11 is 0. The fraction of sp³-hybridized carbons (Fsp3) is 0.857. The van der Waals surface area contributed by atoms with Crippen LogP contribution < -0.4 is 0 Å². The number of rotatable bonds is 4. The monoisotopic (exact) mass is 323 g/mol. The second kappa shape index (κ2) is 6.85. The highest BCUT2D eigenvalue weighted by atomic mass is 19.4. The molecule has 1 saturated heterocycles. The lowest BCUT2D eigenvalue weighted by Crippen LogP contribution is -2.48. The number of esters is 1. The number of nitrogens with zero attached hydrogens (tertiary/aromatic N) is 1. The van der Waals surface area contributed by atoms with Crippen molar-refractivity contribution in [3.05, 3.63) is 0 Å². The van der Waals surface area contributed by atoms with Crippen LogP contribution in [0, 0.1) is 5.92 Å². The summed E-state index contributed by atoms with van der Waals surface area (Å²) in [6.07, 6.45) is -0.277. The van der Waals surface area contributed by atoms with Crippen molar-refractivity contribution in [2.24, 2.45) is 5.92 Å². The van der Waals surface area contributed by atoms with Crippen LogP contribution in [0.3, 0.4) is 0 Å². The van der Waals surface area contributed by atoms with Gasteiger partial charge in [0.25, 0.3) is 0 Å². The molecule has 22 heavy (non-hydrogen) atoms. The number of alkyl halides is 3. The number of methoxy groups -OCH3 is 1. The number of hydrogen-bond donors (Lipinski definition) is 0. The molecule has 0 unspecified atom stereocenters. The number of halogens is 3. The van der Waals surface area contributed by atoms with E-state index in [2.05, 4.69) is 4.74 Å². The zero-order valence-electron chi connectivity index (χ0n) is 12.4. The minimum absolute atomic E-state index is 0.0974. The van der Waals surface area contributed by atoms with E-state index in [4.69, 9.17) is 4.74 Å². The van der Waals surface area contributed by atoms with Crippen LogP contribution in [0.5, 0.6) is 0 Å². The number of hydrogen-bond acceptors (Lipinski definition) is 4. The van der Waals surface area contributed by atoms with E-state index in [0.29, 0.717) is 6.42 Å². The Morgan fingerprint density at radius 3 is 2.55 bits per heavy atom.